The first-order valence-corrected chi connectivity index (χ1v) is 11.1. The highest BCUT2D eigenvalue weighted by Gasteiger charge is 2.15. The minimum Gasteiger partial charge on any atom is -0.358 e. The lowest BCUT2D eigenvalue weighted by molar-refractivity contribution is -0.389. The molecule has 4 N–H and O–H groups in total. The number of aromatic nitrogens is 4. The molecule has 0 saturated heterocycles. The first-order valence-electron chi connectivity index (χ1n) is 10.3. The number of anilines is 4. The third kappa shape index (κ3) is 5.90. The van der Waals surface area contributed by atoms with Gasteiger partial charge in [0.15, 0.2) is 22.6 Å². The van der Waals surface area contributed by atoms with Crippen molar-refractivity contribution in [2.24, 2.45) is 0 Å². The van der Waals surface area contributed by atoms with Crippen LogP contribution in [-0.2, 0) is 0 Å². The van der Waals surface area contributed by atoms with Crippen LogP contribution in [0, 0.1) is 35.6 Å². The summed E-state index contributed by atoms with van der Waals surface area (Å²) in [5, 5.41) is 25.5. The standard InChI is InChI=1S/C22H18F2N8O3S/c1-11-12(2)25-22(29-20(11)28-18-10-19(31-30-18)32(34)35)36-15-5-3-4-13(8-15)26-21(33)27-14-6-7-16(23)17(24)9-14/h3-10H,1-2H3,(H2,26,27,33)(H2,25,28,29,30,31). The summed E-state index contributed by atoms with van der Waals surface area (Å²) >= 11 is 1.23. The number of amides is 2. The van der Waals surface area contributed by atoms with Crippen LogP contribution in [0.25, 0.3) is 0 Å². The summed E-state index contributed by atoms with van der Waals surface area (Å²) < 4.78 is 26.4. The van der Waals surface area contributed by atoms with Crippen molar-refractivity contribution >= 4 is 46.6 Å². The summed E-state index contributed by atoms with van der Waals surface area (Å²) in [6.45, 7) is 3.62. The number of urea groups is 1. The average Bonchev–Trinajstić information content (AvgIpc) is 3.29. The van der Waals surface area contributed by atoms with Crippen LogP contribution in [0.5, 0.6) is 0 Å². The van der Waals surface area contributed by atoms with Crippen LogP contribution in [0.2, 0.25) is 0 Å². The van der Waals surface area contributed by atoms with Crippen molar-refractivity contribution in [2.45, 2.75) is 23.9 Å². The quantitative estimate of drug-likeness (QED) is 0.143. The summed E-state index contributed by atoms with van der Waals surface area (Å²) in [4.78, 5) is 32.2. The van der Waals surface area contributed by atoms with Gasteiger partial charge in [0.2, 0.25) is 0 Å². The van der Waals surface area contributed by atoms with E-state index in [-0.39, 0.29) is 11.5 Å². The Kier molecular flexibility index (Phi) is 7.05. The molecule has 14 heteroatoms. The van der Waals surface area contributed by atoms with Gasteiger partial charge in [0.25, 0.3) is 0 Å². The fourth-order valence-electron chi connectivity index (χ4n) is 2.98. The van der Waals surface area contributed by atoms with Gasteiger partial charge in [-0.3, -0.25) is 0 Å². The third-order valence-corrected chi connectivity index (χ3v) is 5.71. The molecule has 0 bridgehead atoms. The van der Waals surface area contributed by atoms with Crippen LogP contribution in [-0.4, -0.2) is 31.1 Å². The Morgan fingerprint density at radius 3 is 2.47 bits per heavy atom. The molecule has 2 heterocycles. The molecule has 0 saturated carbocycles. The summed E-state index contributed by atoms with van der Waals surface area (Å²) in [5.74, 6) is -1.66. The zero-order chi connectivity index (χ0) is 25.8. The van der Waals surface area contributed by atoms with Crippen molar-refractivity contribution in [2.75, 3.05) is 16.0 Å². The largest absolute Gasteiger partial charge is 0.391 e. The highest BCUT2D eigenvalue weighted by atomic mass is 32.2. The van der Waals surface area contributed by atoms with Crippen molar-refractivity contribution in [1.82, 2.24) is 20.2 Å². The molecule has 0 unspecified atom stereocenters. The molecular formula is C22H18F2N8O3S. The lowest BCUT2D eigenvalue weighted by Crippen LogP contribution is -2.19. The van der Waals surface area contributed by atoms with Gasteiger partial charge in [-0.25, -0.2) is 23.5 Å². The topological polar surface area (TPSA) is 151 Å². The average molecular weight is 513 g/mol. The number of benzene rings is 2. The maximum Gasteiger partial charge on any atom is 0.391 e. The number of aromatic amines is 1. The first kappa shape index (κ1) is 24.5. The molecule has 4 rings (SSSR count). The van der Waals surface area contributed by atoms with Gasteiger partial charge < -0.3 is 26.1 Å². The number of nitro groups is 1. The van der Waals surface area contributed by atoms with Crippen LogP contribution >= 0.6 is 11.8 Å². The molecule has 0 fully saturated rings. The Balaban J connectivity index is 1.46. The number of carbonyl (C=O) groups is 1. The second-order valence-corrected chi connectivity index (χ2v) is 8.47. The van der Waals surface area contributed by atoms with Gasteiger partial charge in [-0.1, -0.05) is 6.07 Å². The highest BCUT2D eigenvalue weighted by Crippen LogP contribution is 2.30. The van der Waals surface area contributed by atoms with E-state index >= 15 is 0 Å². The van der Waals surface area contributed by atoms with E-state index in [1.165, 1.54) is 23.9 Å². The van der Waals surface area contributed by atoms with E-state index in [1.54, 1.807) is 24.3 Å². The second kappa shape index (κ2) is 10.4. The Morgan fingerprint density at radius 2 is 1.78 bits per heavy atom. The van der Waals surface area contributed by atoms with Gasteiger partial charge in [0.05, 0.1) is 11.2 Å². The number of rotatable bonds is 7. The first-order chi connectivity index (χ1) is 17.2. The van der Waals surface area contributed by atoms with Crippen molar-refractivity contribution in [3.8, 4) is 0 Å². The van der Waals surface area contributed by atoms with Gasteiger partial charge in [0.1, 0.15) is 5.82 Å². The minimum atomic E-state index is -1.07. The predicted molar refractivity (Wildman–Crippen MR) is 130 cm³/mol. The maximum absolute atomic E-state index is 13.4. The molecule has 2 amide bonds. The van der Waals surface area contributed by atoms with Crippen LogP contribution < -0.4 is 16.0 Å². The molecule has 0 aliphatic heterocycles. The van der Waals surface area contributed by atoms with Gasteiger partial charge in [0, 0.05) is 33.6 Å². The summed E-state index contributed by atoms with van der Waals surface area (Å²) in [7, 11) is 0. The molecule has 0 aliphatic rings. The van der Waals surface area contributed by atoms with Gasteiger partial charge in [-0.15, -0.1) is 0 Å². The van der Waals surface area contributed by atoms with Crippen molar-refractivity contribution in [3.05, 3.63) is 81.5 Å². The van der Waals surface area contributed by atoms with Gasteiger partial charge >= 0.3 is 11.8 Å². The second-order valence-electron chi connectivity index (χ2n) is 7.43. The Bertz CT molecular complexity index is 1460. The number of carbonyl (C=O) groups excluding carboxylic acids is 1. The molecule has 0 atom stereocenters. The number of hydrogen-bond acceptors (Lipinski definition) is 8. The van der Waals surface area contributed by atoms with Gasteiger partial charge in [-0.05, 0) is 60.9 Å². The molecule has 184 valence electrons. The van der Waals surface area contributed by atoms with E-state index in [4.69, 9.17) is 0 Å². The van der Waals surface area contributed by atoms with Crippen molar-refractivity contribution < 1.29 is 18.5 Å². The minimum absolute atomic E-state index is 0.100. The van der Waals surface area contributed by atoms with Crippen molar-refractivity contribution in [3.63, 3.8) is 0 Å². The fourth-order valence-corrected chi connectivity index (χ4v) is 3.84. The Morgan fingerprint density at radius 1 is 1.03 bits per heavy atom. The van der Waals surface area contributed by atoms with Crippen LogP contribution in [0.15, 0.2) is 58.6 Å². The van der Waals surface area contributed by atoms with Gasteiger partial charge in [-0.2, -0.15) is 5.10 Å². The Hall–Kier alpha value is -4.59. The lowest BCUT2D eigenvalue weighted by Gasteiger charge is -2.11. The monoisotopic (exact) mass is 512 g/mol. The van der Waals surface area contributed by atoms with E-state index in [0.717, 1.165) is 17.7 Å². The molecule has 2 aromatic carbocycles. The zero-order valence-corrected chi connectivity index (χ0v) is 19.6. The van der Waals surface area contributed by atoms with E-state index in [9.17, 15) is 23.7 Å². The number of nitrogens with zero attached hydrogens (tertiary/aromatic N) is 4. The zero-order valence-electron chi connectivity index (χ0n) is 18.8. The normalized spacial score (nSPS) is 10.7. The number of nitrogens with one attached hydrogen (secondary N) is 4. The van der Waals surface area contributed by atoms with E-state index in [2.05, 4.69) is 36.1 Å². The number of halogens is 2. The number of hydrogen-bond donors (Lipinski definition) is 4. The van der Waals surface area contributed by atoms with E-state index in [1.807, 2.05) is 13.8 Å². The van der Waals surface area contributed by atoms with E-state index in [0.29, 0.717) is 33.1 Å². The van der Waals surface area contributed by atoms with Crippen LogP contribution in [0.3, 0.4) is 0 Å². The molecular weight excluding hydrogens is 494 g/mol. The molecule has 0 spiro atoms. The summed E-state index contributed by atoms with van der Waals surface area (Å²) in [6.07, 6.45) is 0. The molecule has 36 heavy (non-hydrogen) atoms. The van der Waals surface area contributed by atoms with E-state index < -0.39 is 22.6 Å². The fraction of sp³-hybridized carbons (Fsp3) is 0.0909. The molecule has 4 aromatic rings. The maximum atomic E-state index is 13.4. The Labute approximate surface area is 206 Å². The number of aryl methyl sites for hydroxylation is 1. The molecule has 0 aliphatic carbocycles. The summed E-state index contributed by atoms with van der Waals surface area (Å²) in [5.41, 5.74) is 2.00. The van der Waals surface area contributed by atoms with Crippen LogP contribution in [0.1, 0.15) is 11.3 Å². The number of H-pyrrole nitrogens is 1. The van der Waals surface area contributed by atoms with Crippen molar-refractivity contribution in [1.29, 1.82) is 0 Å². The lowest BCUT2D eigenvalue weighted by atomic mass is 10.2. The van der Waals surface area contributed by atoms with Crippen LogP contribution in [0.4, 0.5) is 42.4 Å². The highest BCUT2D eigenvalue weighted by molar-refractivity contribution is 7.99. The predicted octanol–water partition coefficient (Wildman–Crippen LogP) is 5.54. The molecule has 11 nitrogen and oxygen atoms in total. The molecule has 0 radical (unpaired) electrons. The SMILES string of the molecule is Cc1nc(Sc2cccc(NC(=O)Nc3ccc(F)c(F)c3)c2)nc(Nc2cc([N+](=O)[O-])n[nH]2)c1C. The third-order valence-electron chi connectivity index (χ3n) is 4.85. The smallest absolute Gasteiger partial charge is 0.358 e. The summed E-state index contributed by atoms with van der Waals surface area (Å²) in [6, 6.07) is 10.5. The molecule has 2 aromatic heterocycles.